The number of hydrogen-bond acceptors (Lipinski definition) is 2. The number of benzene rings is 1. The summed E-state index contributed by atoms with van der Waals surface area (Å²) in [5.41, 5.74) is 2.59. The summed E-state index contributed by atoms with van der Waals surface area (Å²) in [4.78, 5) is 5.76. The van der Waals surface area contributed by atoms with Crippen LogP contribution in [0.5, 0.6) is 0 Å². The average molecular weight is 300 g/mol. The first-order valence-corrected chi connectivity index (χ1v) is 8.58. The van der Waals surface area contributed by atoms with E-state index in [-0.39, 0.29) is 6.10 Å². The Hall–Kier alpha value is -1.32. The van der Waals surface area contributed by atoms with Gasteiger partial charge in [-0.05, 0) is 73.3 Å². The van der Waals surface area contributed by atoms with Gasteiger partial charge in [0.2, 0.25) is 0 Å². The highest BCUT2D eigenvalue weighted by Gasteiger charge is 2.25. The Kier molecular flexibility index (Phi) is 4.84. The van der Waals surface area contributed by atoms with Crippen molar-refractivity contribution in [3.05, 3.63) is 36.0 Å². The fraction of sp³-hybridized carbons (Fsp3) is 0.579. The third kappa shape index (κ3) is 3.71. The van der Waals surface area contributed by atoms with Crippen molar-refractivity contribution in [3.63, 3.8) is 0 Å². The molecule has 0 aliphatic carbocycles. The van der Waals surface area contributed by atoms with Gasteiger partial charge in [0.15, 0.2) is 0 Å². The Labute approximate surface area is 133 Å². The van der Waals surface area contributed by atoms with Gasteiger partial charge in [0, 0.05) is 18.3 Å². The first kappa shape index (κ1) is 15.6. The van der Waals surface area contributed by atoms with Crippen LogP contribution in [-0.2, 0) is 6.54 Å². The molecule has 0 bridgehead atoms. The third-order valence-corrected chi connectivity index (χ3v) is 4.91. The van der Waals surface area contributed by atoms with Gasteiger partial charge in [-0.1, -0.05) is 19.9 Å². The number of rotatable bonds is 5. The lowest BCUT2D eigenvalue weighted by Gasteiger charge is -2.34. The highest BCUT2D eigenvalue weighted by atomic mass is 16.3. The van der Waals surface area contributed by atoms with Gasteiger partial charge < -0.3 is 10.1 Å². The lowest BCUT2D eigenvalue weighted by atomic mass is 9.87. The molecule has 0 saturated carbocycles. The second-order valence-electron chi connectivity index (χ2n) is 7.21. The fourth-order valence-corrected chi connectivity index (χ4v) is 3.63. The van der Waals surface area contributed by atoms with Crippen molar-refractivity contribution >= 4 is 10.9 Å². The second kappa shape index (κ2) is 6.84. The molecule has 22 heavy (non-hydrogen) atoms. The Balaban J connectivity index is 1.53. The maximum atomic E-state index is 10.3. The number of nitrogens with one attached hydrogen (secondary N) is 1. The number of hydrogen-bond donors (Lipinski definition) is 2. The van der Waals surface area contributed by atoms with Crippen LogP contribution >= 0.6 is 0 Å². The molecule has 2 heterocycles. The van der Waals surface area contributed by atoms with Crippen molar-refractivity contribution in [2.45, 2.75) is 45.8 Å². The minimum absolute atomic E-state index is 0.113. The fourth-order valence-electron chi connectivity index (χ4n) is 3.63. The molecule has 1 aliphatic rings. The van der Waals surface area contributed by atoms with Crippen LogP contribution in [0.2, 0.25) is 0 Å². The minimum atomic E-state index is -0.113. The predicted molar refractivity (Wildman–Crippen MR) is 91.8 cm³/mol. The predicted octanol–water partition coefficient (Wildman–Crippen LogP) is 3.79. The zero-order valence-electron chi connectivity index (χ0n) is 13.8. The lowest BCUT2D eigenvalue weighted by Crippen LogP contribution is -2.37. The topological polar surface area (TPSA) is 39.3 Å². The van der Waals surface area contributed by atoms with Gasteiger partial charge in [-0.3, -0.25) is 4.90 Å². The number of aromatic amines is 1. The maximum absolute atomic E-state index is 10.3. The Morgan fingerprint density at radius 3 is 2.73 bits per heavy atom. The Morgan fingerprint density at radius 2 is 2.00 bits per heavy atom. The molecule has 3 heteroatoms. The monoisotopic (exact) mass is 300 g/mol. The van der Waals surface area contributed by atoms with Crippen LogP contribution in [-0.4, -0.2) is 34.2 Å². The molecule has 1 saturated heterocycles. The van der Waals surface area contributed by atoms with Crippen LogP contribution in [0, 0.1) is 11.8 Å². The number of piperidine rings is 1. The summed E-state index contributed by atoms with van der Waals surface area (Å²) in [5.74, 6) is 1.08. The number of likely N-dealkylation sites (tertiary alicyclic amines) is 1. The maximum Gasteiger partial charge on any atom is 0.0571 e. The highest BCUT2D eigenvalue weighted by Crippen LogP contribution is 2.25. The summed E-state index contributed by atoms with van der Waals surface area (Å²) in [6.07, 6.45) is 5.07. The molecule has 2 N–H and O–H groups in total. The molecule has 1 aromatic carbocycles. The van der Waals surface area contributed by atoms with E-state index in [9.17, 15) is 5.11 Å². The molecule has 3 rings (SSSR count). The number of H-pyrrole nitrogens is 1. The van der Waals surface area contributed by atoms with Gasteiger partial charge in [0.25, 0.3) is 0 Å². The normalized spacial score (nSPS) is 19.1. The van der Waals surface area contributed by atoms with Gasteiger partial charge in [-0.2, -0.15) is 0 Å². The number of aliphatic hydroxyl groups is 1. The van der Waals surface area contributed by atoms with E-state index >= 15 is 0 Å². The molecule has 0 radical (unpaired) electrons. The van der Waals surface area contributed by atoms with Gasteiger partial charge in [0.1, 0.15) is 0 Å². The first-order valence-electron chi connectivity index (χ1n) is 8.58. The molecule has 3 nitrogen and oxygen atoms in total. The molecule has 1 atom stereocenters. The Morgan fingerprint density at radius 1 is 1.23 bits per heavy atom. The average Bonchev–Trinajstić information content (AvgIpc) is 2.95. The van der Waals surface area contributed by atoms with Crippen LogP contribution in [0.15, 0.2) is 30.5 Å². The SMILES string of the molecule is CC(C)C[C@@H](O)C1CCN(Cc2ccc3[nH]ccc3c2)CC1. The van der Waals surface area contributed by atoms with Crippen molar-refractivity contribution in [2.24, 2.45) is 11.8 Å². The first-order chi connectivity index (χ1) is 10.6. The van der Waals surface area contributed by atoms with Crippen molar-refractivity contribution in [3.8, 4) is 0 Å². The number of aromatic nitrogens is 1. The molecule has 120 valence electrons. The molecule has 0 spiro atoms. The van der Waals surface area contributed by atoms with Crippen molar-refractivity contribution in [1.29, 1.82) is 0 Å². The van der Waals surface area contributed by atoms with E-state index < -0.39 is 0 Å². The smallest absolute Gasteiger partial charge is 0.0571 e. The van der Waals surface area contributed by atoms with E-state index in [1.54, 1.807) is 0 Å². The Bertz CT molecular complexity index is 596. The molecule has 0 amide bonds. The van der Waals surface area contributed by atoms with Gasteiger partial charge >= 0.3 is 0 Å². The summed E-state index contributed by atoms with van der Waals surface area (Å²) in [5, 5.41) is 11.6. The van der Waals surface area contributed by atoms with Crippen LogP contribution in [0.3, 0.4) is 0 Å². The van der Waals surface area contributed by atoms with E-state index in [2.05, 4.69) is 48.0 Å². The zero-order chi connectivity index (χ0) is 15.5. The third-order valence-electron chi connectivity index (χ3n) is 4.91. The lowest BCUT2D eigenvalue weighted by molar-refractivity contribution is 0.0436. The zero-order valence-corrected chi connectivity index (χ0v) is 13.8. The molecule has 1 aliphatic heterocycles. The van der Waals surface area contributed by atoms with Crippen LogP contribution in [0.1, 0.15) is 38.7 Å². The quantitative estimate of drug-likeness (QED) is 0.882. The molecular formula is C19H28N2O. The van der Waals surface area contributed by atoms with E-state index in [4.69, 9.17) is 0 Å². The number of fused-ring (bicyclic) bond motifs is 1. The van der Waals surface area contributed by atoms with Gasteiger partial charge in [-0.15, -0.1) is 0 Å². The summed E-state index contributed by atoms with van der Waals surface area (Å²) in [7, 11) is 0. The van der Waals surface area contributed by atoms with Crippen LogP contribution in [0.4, 0.5) is 0 Å². The van der Waals surface area contributed by atoms with E-state index in [0.717, 1.165) is 38.9 Å². The summed E-state index contributed by atoms with van der Waals surface area (Å²) >= 11 is 0. The van der Waals surface area contributed by atoms with Crippen molar-refractivity contribution in [2.75, 3.05) is 13.1 Å². The molecule has 1 fully saturated rings. The van der Waals surface area contributed by atoms with E-state index in [1.165, 1.54) is 16.5 Å². The molecule has 0 unspecified atom stereocenters. The van der Waals surface area contributed by atoms with Gasteiger partial charge in [0.05, 0.1) is 6.10 Å². The summed E-state index contributed by atoms with van der Waals surface area (Å²) in [6.45, 7) is 7.61. The molecular weight excluding hydrogens is 272 g/mol. The van der Waals surface area contributed by atoms with Gasteiger partial charge in [-0.25, -0.2) is 0 Å². The second-order valence-corrected chi connectivity index (χ2v) is 7.21. The molecule has 2 aromatic rings. The number of aliphatic hydroxyl groups excluding tert-OH is 1. The van der Waals surface area contributed by atoms with E-state index in [0.29, 0.717) is 11.8 Å². The summed E-state index contributed by atoms with van der Waals surface area (Å²) < 4.78 is 0. The standard InChI is InChI=1S/C19H28N2O/c1-14(2)11-19(22)16-6-9-21(10-7-16)13-15-3-4-18-17(12-15)5-8-20-18/h3-5,8,12,14,16,19-20,22H,6-7,9-11,13H2,1-2H3/t19-/m1/s1. The van der Waals surface area contributed by atoms with Crippen LogP contribution < -0.4 is 0 Å². The number of nitrogens with zero attached hydrogens (tertiary/aromatic N) is 1. The largest absolute Gasteiger partial charge is 0.393 e. The van der Waals surface area contributed by atoms with E-state index in [1.807, 2.05) is 6.20 Å². The molecule has 1 aromatic heterocycles. The highest BCUT2D eigenvalue weighted by molar-refractivity contribution is 5.79. The van der Waals surface area contributed by atoms with Crippen molar-refractivity contribution < 1.29 is 5.11 Å². The summed E-state index contributed by atoms with van der Waals surface area (Å²) in [6, 6.07) is 8.81. The minimum Gasteiger partial charge on any atom is -0.393 e. The van der Waals surface area contributed by atoms with Crippen molar-refractivity contribution in [1.82, 2.24) is 9.88 Å². The van der Waals surface area contributed by atoms with Crippen LogP contribution in [0.25, 0.3) is 10.9 Å².